The lowest BCUT2D eigenvalue weighted by Crippen LogP contribution is -2.46. The zero-order valence-electron chi connectivity index (χ0n) is 12.0. The van der Waals surface area contributed by atoms with Crippen LogP contribution in [-0.2, 0) is 6.18 Å². The lowest BCUT2D eigenvalue weighted by Gasteiger charge is -2.42. The highest BCUT2D eigenvalue weighted by Crippen LogP contribution is 2.33. The van der Waals surface area contributed by atoms with E-state index >= 15 is 0 Å². The second-order valence-corrected chi connectivity index (χ2v) is 5.99. The summed E-state index contributed by atoms with van der Waals surface area (Å²) < 4.78 is 37.7. The van der Waals surface area contributed by atoms with Gasteiger partial charge < -0.3 is 0 Å². The molecular weight excluding hydrogens is 275 g/mol. The van der Waals surface area contributed by atoms with E-state index in [4.69, 9.17) is 0 Å². The normalized spacial score (nSPS) is 25.9. The summed E-state index contributed by atoms with van der Waals surface area (Å²) in [5, 5.41) is 0. The maximum absolute atomic E-state index is 12.6. The predicted octanol–water partition coefficient (Wildman–Crippen LogP) is 4.74. The van der Waals surface area contributed by atoms with Crippen LogP contribution in [0, 0.1) is 0 Å². The molecule has 0 bridgehead atoms. The molecule has 1 aromatic carbocycles. The summed E-state index contributed by atoms with van der Waals surface area (Å²) in [6.45, 7) is 2.32. The summed E-state index contributed by atoms with van der Waals surface area (Å²) in [7, 11) is 0. The molecule has 1 unspecified atom stereocenters. The number of likely N-dealkylation sites (tertiary alicyclic amines) is 1. The zero-order chi connectivity index (χ0) is 14.9. The summed E-state index contributed by atoms with van der Waals surface area (Å²) in [6.07, 6.45) is 3.82. The predicted molar refractivity (Wildman–Crippen MR) is 77.9 cm³/mol. The summed E-state index contributed by atoms with van der Waals surface area (Å²) in [5.74, 6) is 0. The van der Waals surface area contributed by atoms with Gasteiger partial charge in [0.25, 0.3) is 0 Å². The Morgan fingerprint density at radius 1 is 1.00 bits per heavy atom. The van der Waals surface area contributed by atoms with E-state index in [1.807, 2.05) is 0 Å². The first-order chi connectivity index (χ1) is 10.0. The standard InChI is InChI=1S/C17H20F3N/c18-17(19,20)15-8-6-13(7-9-15)12-14-4-1-2-5-16(14)21-10-3-11-21/h6-9,12,16H,1-5,10-11H2/b14-12+. The molecule has 1 aliphatic heterocycles. The van der Waals surface area contributed by atoms with Crippen LogP contribution in [0.4, 0.5) is 13.2 Å². The Balaban J connectivity index is 1.78. The molecule has 21 heavy (non-hydrogen) atoms. The van der Waals surface area contributed by atoms with E-state index in [1.165, 1.54) is 43.4 Å². The average Bonchev–Trinajstić information content (AvgIpc) is 2.39. The highest BCUT2D eigenvalue weighted by Gasteiger charge is 2.30. The van der Waals surface area contributed by atoms with Gasteiger partial charge in [0.05, 0.1) is 5.56 Å². The number of alkyl halides is 3. The van der Waals surface area contributed by atoms with Gasteiger partial charge in [0.2, 0.25) is 0 Å². The third-order valence-corrected chi connectivity index (χ3v) is 4.54. The van der Waals surface area contributed by atoms with Crippen molar-refractivity contribution in [2.75, 3.05) is 13.1 Å². The average molecular weight is 295 g/mol. The van der Waals surface area contributed by atoms with E-state index in [-0.39, 0.29) is 0 Å². The van der Waals surface area contributed by atoms with Gasteiger partial charge in [-0.2, -0.15) is 13.2 Å². The molecule has 1 atom stereocenters. The molecule has 0 amide bonds. The molecule has 0 spiro atoms. The third kappa shape index (κ3) is 3.31. The SMILES string of the molecule is FC(F)(F)c1ccc(/C=C2\CCCCC2N2CCC2)cc1. The van der Waals surface area contributed by atoms with Crippen molar-refractivity contribution in [3.63, 3.8) is 0 Å². The molecule has 1 heterocycles. The molecular formula is C17H20F3N. The van der Waals surface area contributed by atoms with Gasteiger partial charge in [-0.25, -0.2) is 0 Å². The number of hydrogen-bond donors (Lipinski definition) is 0. The van der Waals surface area contributed by atoms with E-state index in [0.29, 0.717) is 6.04 Å². The van der Waals surface area contributed by atoms with Crippen molar-refractivity contribution in [3.05, 3.63) is 41.0 Å². The van der Waals surface area contributed by atoms with Gasteiger partial charge >= 0.3 is 6.18 Å². The van der Waals surface area contributed by atoms with Crippen LogP contribution >= 0.6 is 0 Å². The van der Waals surface area contributed by atoms with Crippen molar-refractivity contribution in [1.82, 2.24) is 4.90 Å². The van der Waals surface area contributed by atoms with Crippen molar-refractivity contribution in [2.24, 2.45) is 0 Å². The Labute approximate surface area is 123 Å². The third-order valence-electron chi connectivity index (χ3n) is 4.54. The minimum Gasteiger partial charge on any atom is -0.297 e. The van der Waals surface area contributed by atoms with Gasteiger partial charge in [0, 0.05) is 6.04 Å². The molecule has 3 rings (SSSR count). The molecule has 114 valence electrons. The smallest absolute Gasteiger partial charge is 0.297 e. The van der Waals surface area contributed by atoms with Crippen LogP contribution in [0.15, 0.2) is 29.8 Å². The Kier molecular flexibility index (Phi) is 4.07. The van der Waals surface area contributed by atoms with Crippen molar-refractivity contribution < 1.29 is 13.2 Å². The Morgan fingerprint density at radius 2 is 1.71 bits per heavy atom. The van der Waals surface area contributed by atoms with E-state index in [0.717, 1.165) is 25.1 Å². The quantitative estimate of drug-likeness (QED) is 0.762. The van der Waals surface area contributed by atoms with Crippen LogP contribution in [0.3, 0.4) is 0 Å². The van der Waals surface area contributed by atoms with Gasteiger partial charge in [-0.1, -0.05) is 30.2 Å². The number of nitrogens with zero attached hydrogens (tertiary/aromatic N) is 1. The summed E-state index contributed by atoms with van der Waals surface area (Å²) >= 11 is 0. The van der Waals surface area contributed by atoms with Crippen molar-refractivity contribution >= 4 is 6.08 Å². The molecule has 1 saturated heterocycles. The Hall–Kier alpha value is -1.29. The number of halogens is 3. The molecule has 2 aliphatic rings. The maximum Gasteiger partial charge on any atom is 0.416 e. The molecule has 0 aromatic heterocycles. The molecule has 0 radical (unpaired) electrons. The molecule has 4 heteroatoms. The first-order valence-electron chi connectivity index (χ1n) is 7.66. The van der Waals surface area contributed by atoms with Crippen LogP contribution in [0.5, 0.6) is 0 Å². The molecule has 1 aromatic rings. The van der Waals surface area contributed by atoms with Crippen LogP contribution in [0.1, 0.15) is 43.2 Å². The fourth-order valence-corrected chi connectivity index (χ4v) is 3.24. The Bertz CT molecular complexity index is 512. The van der Waals surface area contributed by atoms with Crippen LogP contribution in [-0.4, -0.2) is 24.0 Å². The van der Waals surface area contributed by atoms with Crippen LogP contribution in [0.2, 0.25) is 0 Å². The summed E-state index contributed by atoms with van der Waals surface area (Å²) in [6, 6.07) is 6.02. The number of rotatable bonds is 2. The second-order valence-electron chi connectivity index (χ2n) is 5.99. The van der Waals surface area contributed by atoms with E-state index in [9.17, 15) is 13.2 Å². The molecule has 1 saturated carbocycles. The van der Waals surface area contributed by atoms with Gasteiger partial charge in [-0.05, 0) is 56.5 Å². The van der Waals surface area contributed by atoms with E-state index in [1.54, 1.807) is 12.1 Å². The second kappa shape index (κ2) is 5.84. The first-order valence-corrected chi connectivity index (χ1v) is 7.66. The Morgan fingerprint density at radius 3 is 2.29 bits per heavy atom. The van der Waals surface area contributed by atoms with Crippen LogP contribution in [0.25, 0.3) is 6.08 Å². The minimum absolute atomic E-state index is 0.509. The monoisotopic (exact) mass is 295 g/mol. The van der Waals surface area contributed by atoms with Gasteiger partial charge in [-0.3, -0.25) is 4.90 Å². The number of hydrogen-bond acceptors (Lipinski definition) is 1. The molecule has 1 nitrogen and oxygen atoms in total. The number of benzene rings is 1. The summed E-state index contributed by atoms with van der Waals surface area (Å²) in [5.41, 5.74) is 1.69. The zero-order valence-corrected chi connectivity index (χ0v) is 12.0. The van der Waals surface area contributed by atoms with Crippen LogP contribution < -0.4 is 0 Å². The lowest BCUT2D eigenvalue weighted by atomic mass is 9.86. The topological polar surface area (TPSA) is 3.24 Å². The van der Waals surface area contributed by atoms with Gasteiger partial charge in [-0.15, -0.1) is 0 Å². The highest BCUT2D eigenvalue weighted by atomic mass is 19.4. The van der Waals surface area contributed by atoms with Crippen molar-refractivity contribution in [3.8, 4) is 0 Å². The lowest BCUT2D eigenvalue weighted by molar-refractivity contribution is -0.137. The van der Waals surface area contributed by atoms with Gasteiger partial charge in [0.1, 0.15) is 0 Å². The molecule has 0 N–H and O–H groups in total. The largest absolute Gasteiger partial charge is 0.416 e. The minimum atomic E-state index is -4.25. The molecule has 1 aliphatic carbocycles. The fraction of sp³-hybridized carbons (Fsp3) is 0.529. The first kappa shape index (κ1) is 14.6. The summed E-state index contributed by atoms with van der Waals surface area (Å²) in [4.78, 5) is 2.50. The van der Waals surface area contributed by atoms with Crippen molar-refractivity contribution in [2.45, 2.75) is 44.3 Å². The highest BCUT2D eigenvalue weighted by molar-refractivity contribution is 5.55. The molecule has 2 fully saturated rings. The van der Waals surface area contributed by atoms with Gasteiger partial charge in [0.15, 0.2) is 0 Å². The van der Waals surface area contributed by atoms with E-state index in [2.05, 4.69) is 11.0 Å². The fourth-order valence-electron chi connectivity index (χ4n) is 3.24. The van der Waals surface area contributed by atoms with E-state index < -0.39 is 11.7 Å². The maximum atomic E-state index is 12.6. The van der Waals surface area contributed by atoms with Crippen molar-refractivity contribution in [1.29, 1.82) is 0 Å².